The van der Waals surface area contributed by atoms with Crippen molar-refractivity contribution < 1.29 is 22.7 Å². The largest absolute Gasteiger partial charge is 0.465 e. The van der Waals surface area contributed by atoms with Gasteiger partial charge in [0.2, 0.25) is 10.0 Å². The first kappa shape index (κ1) is 23.0. The van der Waals surface area contributed by atoms with Crippen LogP contribution in [0.5, 0.6) is 0 Å². The molecule has 176 valence electrons. The monoisotopic (exact) mass is 475 g/mol. The van der Waals surface area contributed by atoms with Gasteiger partial charge in [-0.2, -0.15) is 4.31 Å². The van der Waals surface area contributed by atoms with Gasteiger partial charge in [0.25, 0.3) is 5.56 Å². The van der Waals surface area contributed by atoms with Gasteiger partial charge < -0.3 is 14.1 Å². The Morgan fingerprint density at radius 1 is 1.33 bits per heavy atom. The zero-order valence-electron chi connectivity index (χ0n) is 18.5. The van der Waals surface area contributed by atoms with Crippen LogP contribution in [0.3, 0.4) is 0 Å². The van der Waals surface area contributed by atoms with Crippen molar-refractivity contribution in [2.24, 2.45) is 7.05 Å². The molecule has 11 nitrogen and oxygen atoms in total. The summed E-state index contributed by atoms with van der Waals surface area (Å²) in [7, 11) is -1.63. The van der Waals surface area contributed by atoms with Crippen molar-refractivity contribution in [3.63, 3.8) is 0 Å². The molecule has 1 unspecified atom stereocenters. The molecule has 0 spiro atoms. The van der Waals surface area contributed by atoms with E-state index < -0.39 is 16.1 Å². The number of sulfonamides is 1. The lowest BCUT2D eigenvalue weighted by Gasteiger charge is -2.38. The van der Waals surface area contributed by atoms with Gasteiger partial charge in [-0.05, 0) is 19.1 Å². The minimum atomic E-state index is -3.25. The molecule has 0 aliphatic carbocycles. The number of carboxylic acid groups (broad SMARTS) is 1. The summed E-state index contributed by atoms with van der Waals surface area (Å²) < 4.78 is 32.7. The van der Waals surface area contributed by atoms with Crippen molar-refractivity contribution >= 4 is 32.8 Å². The standard InChI is InChI=1S/C21H25N5O6S/c1-13-10-26(33(3,30)31)7-6-25(13)11-14-8-16-19(32-14)17(12-24(2)20(16)27)15-4-5-22-9-18(15)23-21(28)29/h4-5,8-9,12-13,23H,6-7,10-11H2,1-3H3,(H,28,29). The molecule has 3 aromatic heterocycles. The molecule has 0 radical (unpaired) electrons. The van der Waals surface area contributed by atoms with Crippen LogP contribution in [-0.4, -0.2) is 70.3 Å². The fourth-order valence-corrected chi connectivity index (χ4v) is 5.01. The van der Waals surface area contributed by atoms with Crippen LogP contribution in [0.1, 0.15) is 12.7 Å². The number of furan rings is 1. The highest BCUT2D eigenvalue weighted by molar-refractivity contribution is 7.88. The Kier molecular flexibility index (Phi) is 5.99. The van der Waals surface area contributed by atoms with Crippen molar-refractivity contribution in [3.05, 3.63) is 46.8 Å². The summed E-state index contributed by atoms with van der Waals surface area (Å²) in [5, 5.41) is 11.9. The lowest BCUT2D eigenvalue weighted by Crippen LogP contribution is -2.52. The third-order valence-corrected chi connectivity index (χ3v) is 7.08. The smallest absolute Gasteiger partial charge is 0.409 e. The summed E-state index contributed by atoms with van der Waals surface area (Å²) in [6.45, 7) is 3.66. The first-order valence-corrected chi connectivity index (χ1v) is 12.1. The molecule has 33 heavy (non-hydrogen) atoms. The molecule has 1 amide bonds. The van der Waals surface area contributed by atoms with Gasteiger partial charge in [0.1, 0.15) is 11.3 Å². The van der Waals surface area contributed by atoms with E-state index in [2.05, 4.69) is 15.2 Å². The van der Waals surface area contributed by atoms with Crippen LogP contribution in [0.15, 0.2) is 39.9 Å². The lowest BCUT2D eigenvalue weighted by atomic mass is 10.1. The molecule has 0 aromatic carbocycles. The van der Waals surface area contributed by atoms with E-state index in [0.717, 1.165) is 0 Å². The number of carbonyl (C=O) groups is 1. The number of hydrogen-bond acceptors (Lipinski definition) is 7. The molecule has 1 atom stereocenters. The maximum atomic E-state index is 12.8. The highest BCUT2D eigenvalue weighted by atomic mass is 32.2. The molecule has 1 saturated heterocycles. The van der Waals surface area contributed by atoms with Gasteiger partial charge in [-0.1, -0.05) is 0 Å². The van der Waals surface area contributed by atoms with Crippen molar-refractivity contribution in [3.8, 4) is 11.1 Å². The summed E-state index contributed by atoms with van der Waals surface area (Å²) in [6.07, 6.45) is 4.51. The fourth-order valence-electron chi connectivity index (χ4n) is 4.11. The Bertz CT molecular complexity index is 1380. The minimum Gasteiger partial charge on any atom is -0.465 e. The molecule has 4 heterocycles. The lowest BCUT2D eigenvalue weighted by molar-refractivity contribution is 0.115. The van der Waals surface area contributed by atoms with E-state index in [0.29, 0.717) is 54.0 Å². The highest BCUT2D eigenvalue weighted by Crippen LogP contribution is 2.34. The first-order chi connectivity index (χ1) is 15.5. The minimum absolute atomic E-state index is 0.0319. The first-order valence-electron chi connectivity index (χ1n) is 10.3. The number of nitrogens with one attached hydrogen (secondary N) is 1. The summed E-state index contributed by atoms with van der Waals surface area (Å²) in [5.41, 5.74) is 1.48. The summed E-state index contributed by atoms with van der Waals surface area (Å²) in [4.78, 5) is 30.1. The number of aromatic nitrogens is 2. The molecule has 2 N–H and O–H groups in total. The van der Waals surface area contributed by atoms with Crippen LogP contribution in [0.25, 0.3) is 22.1 Å². The van der Waals surface area contributed by atoms with Crippen molar-refractivity contribution in [2.45, 2.75) is 19.5 Å². The number of fused-ring (bicyclic) bond motifs is 1. The number of hydrogen-bond donors (Lipinski definition) is 2. The van der Waals surface area contributed by atoms with Crippen LogP contribution in [0.2, 0.25) is 0 Å². The zero-order valence-corrected chi connectivity index (χ0v) is 19.3. The van der Waals surface area contributed by atoms with Crippen LogP contribution in [0.4, 0.5) is 10.5 Å². The Labute approximate surface area is 190 Å². The molecular formula is C21H25N5O6S. The number of piperazine rings is 1. The van der Waals surface area contributed by atoms with Gasteiger partial charge in [0.15, 0.2) is 0 Å². The quantitative estimate of drug-likeness (QED) is 0.569. The van der Waals surface area contributed by atoms with E-state index in [4.69, 9.17) is 9.52 Å². The SMILES string of the molecule is CC1CN(S(C)(=O)=O)CCN1Cc1cc2c(=O)n(C)cc(-c3ccncc3NC(=O)O)c2o1. The van der Waals surface area contributed by atoms with Gasteiger partial charge in [0.05, 0.1) is 30.1 Å². The van der Waals surface area contributed by atoms with Gasteiger partial charge in [0, 0.05) is 56.2 Å². The van der Waals surface area contributed by atoms with Crippen molar-refractivity contribution in [1.82, 2.24) is 18.8 Å². The number of amides is 1. The van der Waals surface area contributed by atoms with E-state index in [1.54, 1.807) is 25.4 Å². The number of aryl methyl sites for hydroxylation is 1. The molecule has 0 bridgehead atoms. The third-order valence-electron chi connectivity index (χ3n) is 5.81. The van der Waals surface area contributed by atoms with E-state index in [-0.39, 0.29) is 17.3 Å². The number of rotatable bonds is 5. The predicted octanol–water partition coefficient (Wildman–Crippen LogP) is 1.75. The Balaban J connectivity index is 1.71. The van der Waals surface area contributed by atoms with E-state index >= 15 is 0 Å². The number of pyridine rings is 2. The Morgan fingerprint density at radius 3 is 2.76 bits per heavy atom. The molecule has 3 aromatic rings. The van der Waals surface area contributed by atoms with Crippen molar-refractivity contribution in [2.75, 3.05) is 31.2 Å². The Hall–Kier alpha value is -3.22. The summed E-state index contributed by atoms with van der Waals surface area (Å²) >= 11 is 0. The topological polar surface area (TPSA) is 138 Å². The van der Waals surface area contributed by atoms with Crippen molar-refractivity contribution in [1.29, 1.82) is 0 Å². The van der Waals surface area contributed by atoms with Crippen LogP contribution in [0, 0.1) is 0 Å². The second kappa shape index (κ2) is 8.61. The molecule has 0 saturated carbocycles. The summed E-state index contributed by atoms with van der Waals surface area (Å²) in [5.74, 6) is 0.566. The average molecular weight is 476 g/mol. The molecule has 12 heteroatoms. The number of anilines is 1. The molecule has 1 fully saturated rings. The van der Waals surface area contributed by atoms with Gasteiger partial charge in [-0.25, -0.2) is 13.2 Å². The van der Waals surface area contributed by atoms with Gasteiger partial charge in [-0.3, -0.25) is 20.0 Å². The Morgan fingerprint density at radius 2 is 2.09 bits per heavy atom. The predicted molar refractivity (Wildman–Crippen MR) is 123 cm³/mol. The van der Waals surface area contributed by atoms with Gasteiger partial charge in [-0.15, -0.1) is 0 Å². The highest BCUT2D eigenvalue weighted by Gasteiger charge is 2.29. The number of nitrogens with zero attached hydrogens (tertiary/aromatic N) is 4. The average Bonchev–Trinajstić information content (AvgIpc) is 3.16. The fraction of sp³-hybridized carbons (Fsp3) is 0.381. The second-order valence-corrected chi connectivity index (χ2v) is 10.2. The van der Waals surface area contributed by atoms with Gasteiger partial charge >= 0.3 is 6.09 Å². The molecule has 4 rings (SSSR count). The van der Waals surface area contributed by atoms with E-state index in [1.807, 2.05) is 6.92 Å². The molecule has 1 aliphatic heterocycles. The van der Waals surface area contributed by atoms with Crippen LogP contribution in [-0.2, 0) is 23.6 Å². The maximum Gasteiger partial charge on any atom is 0.409 e. The third kappa shape index (κ3) is 4.63. The molecular weight excluding hydrogens is 450 g/mol. The zero-order chi connectivity index (χ0) is 23.9. The normalized spacial score (nSPS) is 18.0. The summed E-state index contributed by atoms with van der Waals surface area (Å²) in [6, 6.07) is 3.32. The maximum absolute atomic E-state index is 12.8. The second-order valence-electron chi connectivity index (χ2n) is 8.21. The van der Waals surface area contributed by atoms with E-state index in [1.165, 1.54) is 27.5 Å². The van der Waals surface area contributed by atoms with Crippen LogP contribution < -0.4 is 10.9 Å². The van der Waals surface area contributed by atoms with Crippen LogP contribution >= 0.6 is 0 Å². The molecule has 1 aliphatic rings. The van der Waals surface area contributed by atoms with E-state index in [9.17, 15) is 18.0 Å².